The molecule has 3 aliphatic carbocycles. The zero-order valence-electron chi connectivity index (χ0n) is 11.1. The fraction of sp³-hybridized carbons (Fsp3) is 0.923. The van der Waals surface area contributed by atoms with Crippen molar-refractivity contribution >= 4 is 5.71 Å². The summed E-state index contributed by atoms with van der Waals surface area (Å²) in [5, 5.41) is 12.8. The average Bonchev–Trinajstić information content (AvgIpc) is 2.15. The van der Waals surface area contributed by atoms with Crippen LogP contribution in [0.4, 0.5) is 0 Å². The Balaban J connectivity index is 2.25. The number of hydrogen-bond donors (Lipinski definition) is 1. The highest BCUT2D eigenvalue weighted by Crippen LogP contribution is 2.62. The van der Waals surface area contributed by atoms with Crippen LogP contribution in [0.1, 0.15) is 27.2 Å². The molecule has 4 atom stereocenters. The lowest BCUT2D eigenvalue weighted by Gasteiger charge is -2.63. The fourth-order valence-corrected chi connectivity index (χ4v) is 4.06. The van der Waals surface area contributed by atoms with Crippen LogP contribution in [0.25, 0.3) is 0 Å². The molecule has 3 nitrogen and oxygen atoms in total. The van der Waals surface area contributed by atoms with Crippen LogP contribution in [0.15, 0.2) is 5.16 Å². The fourth-order valence-electron chi connectivity index (χ4n) is 4.06. The summed E-state index contributed by atoms with van der Waals surface area (Å²) in [5.74, 6) is 2.29. The van der Waals surface area contributed by atoms with Crippen molar-refractivity contribution in [2.45, 2.75) is 27.2 Å². The van der Waals surface area contributed by atoms with Crippen molar-refractivity contribution in [2.75, 3.05) is 20.6 Å². The smallest absolute Gasteiger partial charge is 0.0648 e. The Kier molecular flexibility index (Phi) is 2.77. The van der Waals surface area contributed by atoms with Crippen LogP contribution in [-0.2, 0) is 0 Å². The minimum atomic E-state index is 0.425. The molecule has 0 aromatic heterocycles. The van der Waals surface area contributed by atoms with Crippen molar-refractivity contribution in [1.29, 1.82) is 0 Å². The third kappa shape index (κ3) is 1.48. The molecule has 16 heavy (non-hydrogen) atoms. The summed E-state index contributed by atoms with van der Waals surface area (Å²) in [6.07, 6.45) is 1.31. The number of nitrogens with zero attached hydrogens (tertiary/aromatic N) is 2. The summed E-state index contributed by atoms with van der Waals surface area (Å²) < 4.78 is 0. The van der Waals surface area contributed by atoms with Gasteiger partial charge in [-0.1, -0.05) is 25.9 Å². The highest BCUT2D eigenvalue weighted by molar-refractivity contribution is 5.91. The second kappa shape index (κ2) is 3.73. The highest BCUT2D eigenvalue weighted by Gasteiger charge is 2.59. The SMILES string of the molecule is C[C@H]1/C(=N\O)[C@H](CN(C)C)[C@H]2C[C@H]1C2(C)C. The van der Waals surface area contributed by atoms with Crippen LogP contribution >= 0.6 is 0 Å². The molecule has 1 N–H and O–H groups in total. The lowest BCUT2D eigenvalue weighted by molar-refractivity contribution is -0.0855. The molecule has 2 bridgehead atoms. The van der Waals surface area contributed by atoms with Gasteiger partial charge < -0.3 is 10.1 Å². The van der Waals surface area contributed by atoms with E-state index in [1.807, 2.05) is 0 Å². The normalized spacial score (nSPS) is 43.5. The minimum absolute atomic E-state index is 0.425. The number of hydrogen-bond acceptors (Lipinski definition) is 3. The highest BCUT2D eigenvalue weighted by atomic mass is 16.4. The van der Waals surface area contributed by atoms with E-state index in [0.717, 1.165) is 12.3 Å². The maximum absolute atomic E-state index is 9.22. The van der Waals surface area contributed by atoms with Gasteiger partial charge in [-0.2, -0.15) is 0 Å². The summed E-state index contributed by atoms with van der Waals surface area (Å²) in [6.45, 7) is 7.97. The van der Waals surface area contributed by atoms with Gasteiger partial charge in [-0.15, -0.1) is 0 Å². The largest absolute Gasteiger partial charge is 0.411 e. The molecule has 3 aliphatic rings. The summed E-state index contributed by atoms with van der Waals surface area (Å²) in [6, 6.07) is 0. The molecule has 0 unspecified atom stereocenters. The second-order valence-electron chi connectivity index (χ2n) is 6.45. The maximum atomic E-state index is 9.22. The zero-order chi connectivity index (χ0) is 12.1. The van der Waals surface area contributed by atoms with Crippen LogP contribution in [0.2, 0.25) is 0 Å². The number of rotatable bonds is 2. The average molecular weight is 224 g/mol. The van der Waals surface area contributed by atoms with Crippen LogP contribution in [0.3, 0.4) is 0 Å². The molecule has 3 fully saturated rings. The van der Waals surface area contributed by atoms with Gasteiger partial charge in [-0.05, 0) is 37.8 Å². The van der Waals surface area contributed by atoms with E-state index >= 15 is 0 Å². The predicted molar refractivity (Wildman–Crippen MR) is 65.8 cm³/mol. The van der Waals surface area contributed by atoms with Crippen molar-refractivity contribution in [2.24, 2.45) is 34.2 Å². The molecule has 0 aromatic rings. The summed E-state index contributed by atoms with van der Waals surface area (Å²) in [5.41, 5.74) is 1.46. The first-order valence-corrected chi connectivity index (χ1v) is 6.26. The van der Waals surface area contributed by atoms with E-state index in [2.05, 4.69) is 44.9 Å². The predicted octanol–water partition coefficient (Wildman–Crippen LogP) is 2.31. The lowest BCUT2D eigenvalue weighted by atomic mass is 9.42. The molecule has 0 amide bonds. The van der Waals surface area contributed by atoms with Crippen molar-refractivity contribution < 1.29 is 5.21 Å². The van der Waals surface area contributed by atoms with Gasteiger partial charge in [0.2, 0.25) is 0 Å². The Morgan fingerprint density at radius 2 is 2.00 bits per heavy atom. The Labute approximate surface area is 98.5 Å². The van der Waals surface area contributed by atoms with Crippen molar-refractivity contribution in [3.8, 4) is 0 Å². The summed E-state index contributed by atoms with van der Waals surface area (Å²) in [4.78, 5) is 2.21. The third-order valence-corrected chi connectivity index (χ3v) is 5.03. The molecule has 0 radical (unpaired) electrons. The van der Waals surface area contributed by atoms with Crippen LogP contribution in [-0.4, -0.2) is 36.5 Å². The molecule has 0 heterocycles. The Bertz CT molecular complexity index is 309. The van der Waals surface area contributed by atoms with Gasteiger partial charge in [0.05, 0.1) is 5.71 Å². The van der Waals surface area contributed by atoms with E-state index in [1.54, 1.807) is 0 Å². The van der Waals surface area contributed by atoms with Gasteiger partial charge in [0.25, 0.3) is 0 Å². The van der Waals surface area contributed by atoms with Crippen molar-refractivity contribution in [1.82, 2.24) is 4.90 Å². The minimum Gasteiger partial charge on any atom is -0.411 e. The zero-order valence-corrected chi connectivity index (χ0v) is 11.1. The molecule has 0 aliphatic heterocycles. The van der Waals surface area contributed by atoms with E-state index in [4.69, 9.17) is 0 Å². The molecule has 3 heteroatoms. The molecule has 3 saturated carbocycles. The molecule has 0 saturated heterocycles. The van der Waals surface area contributed by atoms with E-state index in [9.17, 15) is 5.21 Å². The maximum Gasteiger partial charge on any atom is 0.0648 e. The van der Waals surface area contributed by atoms with Gasteiger partial charge >= 0.3 is 0 Å². The standard InChI is InChI=1S/C13H24N2O/c1-8-10-6-11(13(10,2)3)9(7-15(4)5)12(8)14-16/h8-11,16H,6-7H2,1-5H3/b14-12+/t8-,9-,10-,11-/m1/s1. The number of oxime groups is 1. The van der Waals surface area contributed by atoms with Crippen LogP contribution < -0.4 is 0 Å². The summed E-state index contributed by atoms with van der Waals surface area (Å²) in [7, 11) is 4.19. The second-order valence-corrected chi connectivity index (χ2v) is 6.45. The van der Waals surface area contributed by atoms with Crippen LogP contribution in [0, 0.1) is 29.1 Å². The van der Waals surface area contributed by atoms with Gasteiger partial charge in [0.15, 0.2) is 0 Å². The first-order chi connectivity index (χ1) is 7.39. The molecular weight excluding hydrogens is 200 g/mol. The Morgan fingerprint density at radius 1 is 1.38 bits per heavy atom. The van der Waals surface area contributed by atoms with E-state index in [0.29, 0.717) is 29.1 Å². The molecule has 3 rings (SSSR count). The Morgan fingerprint density at radius 3 is 2.44 bits per heavy atom. The van der Waals surface area contributed by atoms with Crippen molar-refractivity contribution in [3.05, 3.63) is 0 Å². The topological polar surface area (TPSA) is 35.8 Å². The molecule has 0 aromatic carbocycles. The number of fused-ring (bicyclic) bond motifs is 2. The van der Waals surface area contributed by atoms with Crippen LogP contribution in [0.5, 0.6) is 0 Å². The van der Waals surface area contributed by atoms with Gasteiger partial charge in [-0.25, -0.2) is 0 Å². The van der Waals surface area contributed by atoms with Gasteiger partial charge in [-0.3, -0.25) is 0 Å². The summed E-state index contributed by atoms with van der Waals surface area (Å²) >= 11 is 0. The Hall–Kier alpha value is -0.570. The van der Waals surface area contributed by atoms with E-state index in [1.165, 1.54) is 6.42 Å². The first kappa shape index (κ1) is 11.9. The molecule has 0 spiro atoms. The quantitative estimate of drug-likeness (QED) is 0.577. The molecular formula is C13H24N2O. The van der Waals surface area contributed by atoms with Gasteiger partial charge in [0.1, 0.15) is 0 Å². The lowest BCUT2D eigenvalue weighted by Crippen LogP contribution is -2.61. The van der Waals surface area contributed by atoms with E-state index < -0.39 is 0 Å². The monoisotopic (exact) mass is 224 g/mol. The molecule has 92 valence electrons. The third-order valence-electron chi connectivity index (χ3n) is 5.03. The van der Waals surface area contributed by atoms with Crippen molar-refractivity contribution in [3.63, 3.8) is 0 Å². The van der Waals surface area contributed by atoms with Gasteiger partial charge in [0, 0.05) is 18.4 Å². The van der Waals surface area contributed by atoms with E-state index in [-0.39, 0.29) is 0 Å². The first-order valence-electron chi connectivity index (χ1n) is 6.26.